The first-order valence-corrected chi connectivity index (χ1v) is 8.05. The molecule has 1 aliphatic rings. The molecule has 1 aliphatic heterocycles. The minimum Gasteiger partial charge on any atom is -0.546 e. The predicted molar refractivity (Wildman–Crippen MR) is 95.5 cm³/mol. The third-order valence-corrected chi connectivity index (χ3v) is 3.82. The summed E-state index contributed by atoms with van der Waals surface area (Å²) in [5, 5.41) is 18.5. The number of anilines is 1. The smallest absolute Gasteiger partial charge is 0.279 e. The molecule has 0 aromatic heterocycles. The van der Waals surface area contributed by atoms with Crippen molar-refractivity contribution >= 4 is 29.5 Å². The number of rotatable bonds is 6. The summed E-state index contributed by atoms with van der Waals surface area (Å²) in [4.78, 5) is 24.5. The zero-order chi connectivity index (χ0) is 18.5. The number of hydrogen-bond donors (Lipinski definition) is 0. The zero-order valence-electron chi connectivity index (χ0n) is 14.1. The van der Waals surface area contributed by atoms with Crippen LogP contribution in [-0.2, 0) is 9.59 Å². The number of fused-ring (bicyclic) bond motifs is 1. The quantitative estimate of drug-likeness (QED) is 0.574. The fraction of sp³-hybridized carbons (Fsp3) is 0.158. The van der Waals surface area contributed by atoms with Crippen molar-refractivity contribution < 1.29 is 19.4 Å². The van der Waals surface area contributed by atoms with Gasteiger partial charge in [0.05, 0.1) is 17.9 Å². The first kappa shape index (κ1) is 17.3. The minimum atomic E-state index is -1.28. The second-order valence-corrected chi connectivity index (χ2v) is 5.49. The van der Waals surface area contributed by atoms with Crippen LogP contribution in [0.1, 0.15) is 18.1 Å². The van der Waals surface area contributed by atoms with Crippen LogP contribution in [0.5, 0.6) is 5.75 Å². The molecular formula is C19H16N3O4-. The van der Waals surface area contributed by atoms with Gasteiger partial charge in [-0.1, -0.05) is 18.2 Å². The molecule has 2 aromatic carbocycles. The highest BCUT2D eigenvalue weighted by atomic mass is 16.5. The number of hydrogen-bond acceptors (Lipinski definition) is 6. The van der Waals surface area contributed by atoms with Gasteiger partial charge in [-0.2, -0.15) is 5.10 Å². The number of carbonyl (C=O) groups is 2. The number of nitrogens with zero attached hydrogens (tertiary/aromatic N) is 3. The van der Waals surface area contributed by atoms with Gasteiger partial charge in [0, 0.05) is 12.1 Å². The van der Waals surface area contributed by atoms with Crippen molar-refractivity contribution in [2.75, 3.05) is 18.1 Å². The Bertz CT molecular complexity index is 888. The van der Waals surface area contributed by atoms with Gasteiger partial charge >= 0.3 is 0 Å². The average molecular weight is 350 g/mol. The summed E-state index contributed by atoms with van der Waals surface area (Å²) in [7, 11) is 0. The molecule has 7 heteroatoms. The second kappa shape index (κ2) is 7.60. The fourth-order valence-electron chi connectivity index (χ4n) is 2.62. The van der Waals surface area contributed by atoms with Crippen LogP contribution in [0.4, 0.5) is 5.69 Å². The molecule has 0 saturated carbocycles. The lowest BCUT2D eigenvalue weighted by molar-refractivity contribution is -0.307. The van der Waals surface area contributed by atoms with E-state index >= 15 is 0 Å². The highest BCUT2D eigenvalue weighted by Gasteiger charge is 2.32. The number of likely N-dealkylation sites (N-methyl/N-ethyl adjacent to an activating group) is 1. The molecule has 1 heterocycles. The standard InChI is InChI=1S/C19H17N3O4/c1-2-22-16-6-4-3-5-15(16)18(19(22)25)21-20-11-13-7-9-14(10-8-13)26-12-17(23)24/h3-11H,2,12H2,1H3,(H,23,24)/p-1/b20-11-,21-18+. The lowest BCUT2D eigenvalue weighted by Crippen LogP contribution is -2.29. The largest absolute Gasteiger partial charge is 0.546 e. The predicted octanol–water partition coefficient (Wildman–Crippen LogP) is 1.00. The number of carboxylic acid groups (broad SMARTS) is 1. The van der Waals surface area contributed by atoms with Crippen molar-refractivity contribution in [3.05, 3.63) is 59.7 Å². The number of aliphatic carboxylic acids is 1. The van der Waals surface area contributed by atoms with E-state index in [1.54, 1.807) is 29.2 Å². The van der Waals surface area contributed by atoms with Gasteiger partial charge in [0.25, 0.3) is 5.91 Å². The van der Waals surface area contributed by atoms with Gasteiger partial charge in [0.2, 0.25) is 0 Å². The molecule has 0 fully saturated rings. The highest BCUT2D eigenvalue weighted by Crippen LogP contribution is 2.28. The maximum Gasteiger partial charge on any atom is 0.279 e. The zero-order valence-corrected chi connectivity index (χ0v) is 14.1. The molecule has 0 atom stereocenters. The van der Waals surface area contributed by atoms with Gasteiger partial charge in [-0.25, -0.2) is 0 Å². The van der Waals surface area contributed by atoms with Crippen molar-refractivity contribution in [3.63, 3.8) is 0 Å². The molecule has 0 unspecified atom stereocenters. The van der Waals surface area contributed by atoms with E-state index in [9.17, 15) is 14.7 Å². The number of para-hydroxylation sites is 1. The molecule has 0 spiro atoms. The molecule has 3 rings (SSSR count). The summed E-state index contributed by atoms with van der Waals surface area (Å²) in [6.07, 6.45) is 1.51. The Labute approximate surface area is 150 Å². The number of carboxylic acids is 1. The van der Waals surface area contributed by atoms with Crippen molar-refractivity contribution in [1.29, 1.82) is 0 Å². The molecule has 1 amide bonds. The number of ether oxygens (including phenoxy) is 1. The second-order valence-electron chi connectivity index (χ2n) is 5.49. The molecule has 0 aliphatic carbocycles. The van der Waals surface area contributed by atoms with Crippen molar-refractivity contribution in [2.24, 2.45) is 10.2 Å². The Morgan fingerprint density at radius 3 is 2.62 bits per heavy atom. The molecule has 26 heavy (non-hydrogen) atoms. The maximum atomic E-state index is 12.5. The normalized spacial score (nSPS) is 14.9. The summed E-state index contributed by atoms with van der Waals surface area (Å²) in [5.41, 5.74) is 2.65. The van der Waals surface area contributed by atoms with Crippen molar-refractivity contribution in [1.82, 2.24) is 0 Å². The molecule has 0 radical (unpaired) electrons. The van der Waals surface area contributed by atoms with Crippen LogP contribution in [0.15, 0.2) is 58.7 Å². The third-order valence-electron chi connectivity index (χ3n) is 3.82. The minimum absolute atomic E-state index is 0.170. The lowest BCUT2D eigenvalue weighted by Gasteiger charge is -2.12. The maximum absolute atomic E-state index is 12.5. The number of benzene rings is 2. The van der Waals surface area contributed by atoms with Gasteiger partial charge in [-0.3, -0.25) is 4.79 Å². The van der Waals surface area contributed by atoms with Crippen LogP contribution in [-0.4, -0.2) is 37.0 Å². The molecular weight excluding hydrogens is 334 g/mol. The van der Waals surface area contributed by atoms with Crippen LogP contribution in [0.25, 0.3) is 0 Å². The van der Waals surface area contributed by atoms with Crippen molar-refractivity contribution in [3.8, 4) is 5.75 Å². The summed E-state index contributed by atoms with van der Waals surface area (Å²) in [5.74, 6) is -1.04. The van der Waals surface area contributed by atoms with E-state index in [2.05, 4.69) is 10.2 Å². The Morgan fingerprint density at radius 2 is 1.92 bits per heavy atom. The molecule has 2 aromatic rings. The van der Waals surface area contributed by atoms with Crippen LogP contribution in [0, 0.1) is 0 Å². The van der Waals surface area contributed by atoms with Crippen molar-refractivity contribution in [2.45, 2.75) is 6.92 Å². The van der Waals surface area contributed by atoms with E-state index in [0.29, 0.717) is 18.0 Å². The Hall–Kier alpha value is -3.48. The summed E-state index contributed by atoms with van der Waals surface area (Å²) in [6.45, 7) is 1.97. The molecule has 132 valence electrons. The first-order valence-electron chi connectivity index (χ1n) is 8.05. The molecule has 7 nitrogen and oxygen atoms in total. The van der Waals surface area contributed by atoms with E-state index in [-0.39, 0.29) is 5.91 Å². The lowest BCUT2D eigenvalue weighted by atomic mass is 10.1. The Balaban J connectivity index is 1.75. The SMILES string of the molecule is CCN1C(=O)/C(=N/N=C\c2ccc(OCC(=O)[O-])cc2)c2ccccc21. The van der Waals surface area contributed by atoms with Crippen LogP contribution in [0.3, 0.4) is 0 Å². The third kappa shape index (κ3) is 3.61. The van der Waals surface area contributed by atoms with E-state index in [4.69, 9.17) is 4.74 Å². The van der Waals surface area contributed by atoms with Gasteiger partial charge < -0.3 is 19.5 Å². The Morgan fingerprint density at radius 1 is 1.19 bits per heavy atom. The first-order chi connectivity index (χ1) is 12.6. The van der Waals surface area contributed by atoms with Crippen LogP contribution in [0.2, 0.25) is 0 Å². The average Bonchev–Trinajstić information content (AvgIpc) is 2.92. The topological polar surface area (TPSA) is 94.4 Å². The molecule has 0 bridgehead atoms. The van der Waals surface area contributed by atoms with E-state index in [1.165, 1.54) is 6.21 Å². The van der Waals surface area contributed by atoms with E-state index in [1.807, 2.05) is 31.2 Å². The Kier molecular flexibility index (Phi) is 5.07. The summed E-state index contributed by atoms with van der Waals surface area (Å²) in [6, 6.07) is 14.1. The van der Waals surface area contributed by atoms with Gasteiger partial charge in [0.1, 0.15) is 12.4 Å². The van der Waals surface area contributed by atoms with Gasteiger partial charge in [0.15, 0.2) is 5.71 Å². The van der Waals surface area contributed by atoms with Crippen LogP contribution >= 0.6 is 0 Å². The van der Waals surface area contributed by atoms with Gasteiger partial charge in [-0.05, 0) is 42.8 Å². The highest BCUT2D eigenvalue weighted by molar-refractivity contribution is 6.54. The molecule has 0 N–H and O–H groups in total. The summed E-state index contributed by atoms with van der Waals surface area (Å²) < 4.78 is 5.00. The van der Waals surface area contributed by atoms with Gasteiger partial charge in [-0.15, -0.1) is 5.10 Å². The number of carbonyl (C=O) groups excluding carboxylic acids is 2. The van der Waals surface area contributed by atoms with Crippen LogP contribution < -0.4 is 14.7 Å². The molecule has 0 saturated heterocycles. The fourth-order valence-corrected chi connectivity index (χ4v) is 2.62. The van der Waals surface area contributed by atoms with E-state index < -0.39 is 12.6 Å². The monoisotopic (exact) mass is 350 g/mol. The number of amides is 1. The summed E-state index contributed by atoms with van der Waals surface area (Å²) >= 11 is 0. The van der Waals surface area contributed by atoms with E-state index in [0.717, 1.165) is 16.8 Å².